The van der Waals surface area contributed by atoms with Crippen molar-refractivity contribution in [3.63, 3.8) is 0 Å². The first-order chi connectivity index (χ1) is 8.77. The molecular formula is C12H22N4OS. The molecule has 0 atom stereocenters. The van der Waals surface area contributed by atoms with Crippen LogP contribution in [0.4, 0.5) is 5.13 Å². The number of carbonyl (C=O) groups is 1. The summed E-state index contributed by atoms with van der Waals surface area (Å²) < 4.78 is 0. The normalized spacial score (nSPS) is 10.3. The summed E-state index contributed by atoms with van der Waals surface area (Å²) in [5.74, 6) is -0.123. The van der Waals surface area contributed by atoms with Gasteiger partial charge in [0.15, 0.2) is 0 Å². The summed E-state index contributed by atoms with van der Waals surface area (Å²) in [5, 5.41) is 14.5. The van der Waals surface area contributed by atoms with Crippen molar-refractivity contribution in [2.75, 3.05) is 18.9 Å². The summed E-state index contributed by atoms with van der Waals surface area (Å²) in [5.41, 5.74) is 0. The number of nitrogens with zero attached hydrogens (tertiary/aromatic N) is 2. The molecule has 0 bridgehead atoms. The molecule has 1 heterocycles. The van der Waals surface area contributed by atoms with E-state index in [1.807, 2.05) is 0 Å². The van der Waals surface area contributed by atoms with Crippen molar-refractivity contribution < 1.29 is 4.79 Å². The Labute approximate surface area is 112 Å². The Morgan fingerprint density at radius 3 is 2.56 bits per heavy atom. The monoisotopic (exact) mass is 270 g/mol. The third-order valence-corrected chi connectivity index (χ3v) is 3.59. The minimum Gasteiger partial charge on any atom is -0.363 e. The van der Waals surface area contributed by atoms with E-state index in [9.17, 15) is 4.79 Å². The fraction of sp³-hybridized carbons (Fsp3) is 0.750. The van der Waals surface area contributed by atoms with E-state index in [1.165, 1.54) is 43.4 Å². The molecule has 2 N–H and O–H groups in total. The highest BCUT2D eigenvalue weighted by Gasteiger charge is 2.10. The highest BCUT2D eigenvalue weighted by molar-refractivity contribution is 7.17. The van der Waals surface area contributed by atoms with E-state index in [2.05, 4.69) is 27.8 Å². The fourth-order valence-corrected chi connectivity index (χ4v) is 2.21. The van der Waals surface area contributed by atoms with Gasteiger partial charge in [-0.05, 0) is 6.42 Å². The van der Waals surface area contributed by atoms with Gasteiger partial charge >= 0.3 is 0 Å². The maximum atomic E-state index is 11.7. The smallest absolute Gasteiger partial charge is 0.282 e. The van der Waals surface area contributed by atoms with Gasteiger partial charge in [-0.3, -0.25) is 4.79 Å². The molecule has 0 fully saturated rings. The predicted molar refractivity (Wildman–Crippen MR) is 75.2 cm³/mol. The fourth-order valence-electron chi connectivity index (χ4n) is 1.60. The predicted octanol–water partition coefficient (Wildman–Crippen LogP) is 2.67. The van der Waals surface area contributed by atoms with Crippen LogP contribution in [0, 0.1) is 0 Å². The zero-order valence-electron chi connectivity index (χ0n) is 11.2. The van der Waals surface area contributed by atoms with E-state index >= 15 is 0 Å². The van der Waals surface area contributed by atoms with E-state index in [0.29, 0.717) is 10.1 Å². The molecule has 6 heteroatoms. The second-order valence-electron chi connectivity index (χ2n) is 4.19. The lowest BCUT2D eigenvalue weighted by Gasteiger charge is -2.02. The van der Waals surface area contributed by atoms with E-state index in [0.717, 1.165) is 13.0 Å². The molecule has 0 aromatic carbocycles. The van der Waals surface area contributed by atoms with Crippen LogP contribution in [0.1, 0.15) is 55.3 Å². The summed E-state index contributed by atoms with van der Waals surface area (Å²) in [7, 11) is 1.76. The first-order valence-corrected chi connectivity index (χ1v) is 7.39. The number of rotatable bonds is 9. The number of aromatic nitrogens is 2. The van der Waals surface area contributed by atoms with Crippen molar-refractivity contribution in [3.05, 3.63) is 5.01 Å². The molecular weight excluding hydrogens is 248 g/mol. The lowest BCUT2D eigenvalue weighted by molar-refractivity contribution is 0.0952. The summed E-state index contributed by atoms with van der Waals surface area (Å²) in [6, 6.07) is 0. The van der Waals surface area contributed by atoms with Gasteiger partial charge in [-0.15, -0.1) is 10.2 Å². The van der Waals surface area contributed by atoms with Crippen LogP contribution in [-0.4, -0.2) is 29.7 Å². The molecule has 1 rings (SSSR count). The van der Waals surface area contributed by atoms with Gasteiger partial charge in [0.05, 0.1) is 0 Å². The maximum Gasteiger partial charge on any atom is 0.282 e. The van der Waals surface area contributed by atoms with Gasteiger partial charge in [-0.25, -0.2) is 0 Å². The first-order valence-electron chi connectivity index (χ1n) is 6.57. The lowest BCUT2D eigenvalue weighted by Crippen LogP contribution is -2.24. The van der Waals surface area contributed by atoms with Gasteiger partial charge in [0.1, 0.15) is 0 Å². The number of amides is 1. The van der Waals surface area contributed by atoms with Gasteiger partial charge in [-0.2, -0.15) is 0 Å². The minimum absolute atomic E-state index is 0.123. The van der Waals surface area contributed by atoms with Crippen molar-refractivity contribution in [2.24, 2.45) is 0 Å². The Morgan fingerprint density at radius 2 is 1.89 bits per heavy atom. The maximum absolute atomic E-state index is 11.7. The third-order valence-electron chi connectivity index (χ3n) is 2.65. The number of hydrogen-bond donors (Lipinski definition) is 2. The molecule has 5 nitrogen and oxygen atoms in total. The third kappa shape index (κ3) is 5.44. The van der Waals surface area contributed by atoms with Gasteiger partial charge in [0.2, 0.25) is 10.1 Å². The Hall–Kier alpha value is -1.17. The molecule has 0 radical (unpaired) electrons. The Bertz CT molecular complexity index is 354. The molecule has 0 saturated heterocycles. The van der Waals surface area contributed by atoms with Crippen LogP contribution < -0.4 is 10.6 Å². The van der Waals surface area contributed by atoms with Crippen molar-refractivity contribution in [3.8, 4) is 0 Å². The van der Waals surface area contributed by atoms with Crippen molar-refractivity contribution in [1.29, 1.82) is 0 Å². The zero-order chi connectivity index (χ0) is 13.2. The van der Waals surface area contributed by atoms with Crippen LogP contribution in [0.25, 0.3) is 0 Å². The molecule has 0 aliphatic carbocycles. The number of hydrogen-bond acceptors (Lipinski definition) is 5. The average Bonchev–Trinajstić information content (AvgIpc) is 2.86. The summed E-state index contributed by atoms with van der Waals surface area (Å²) in [6.45, 7) is 2.93. The number of carbonyl (C=O) groups excluding carboxylic acids is 1. The molecule has 1 amide bonds. The van der Waals surface area contributed by atoms with Crippen LogP contribution in [0.2, 0.25) is 0 Å². The summed E-state index contributed by atoms with van der Waals surface area (Å²) in [4.78, 5) is 11.7. The average molecular weight is 270 g/mol. The topological polar surface area (TPSA) is 66.9 Å². The van der Waals surface area contributed by atoms with E-state index in [1.54, 1.807) is 7.05 Å². The van der Waals surface area contributed by atoms with E-state index in [4.69, 9.17) is 0 Å². The van der Waals surface area contributed by atoms with E-state index in [-0.39, 0.29) is 5.91 Å². The molecule has 18 heavy (non-hydrogen) atoms. The van der Waals surface area contributed by atoms with E-state index < -0.39 is 0 Å². The van der Waals surface area contributed by atoms with Crippen LogP contribution in [0.15, 0.2) is 0 Å². The van der Waals surface area contributed by atoms with Crippen molar-refractivity contribution in [1.82, 2.24) is 15.5 Å². The van der Waals surface area contributed by atoms with Crippen molar-refractivity contribution >= 4 is 22.4 Å². The molecule has 0 spiro atoms. The summed E-state index contributed by atoms with van der Waals surface area (Å²) in [6.07, 6.45) is 7.34. The first kappa shape index (κ1) is 14.9. The number of anilines is 1. The SMILES string of the molecule is CCCCCCCCNC(=O)c1nnc(NC)s1. The molecule has 0 saturated carbocycles. The Balaban J connectivity index is 2.10. The minimum atomic E-state index is -0.123. The van der Waals surface area contributed by atoms with Crippen molar-refractivity contribution in [2.45, 2.75) is 45.4 Å². The molecule has 1 aromatic heterocycles. The van der Waals surface area contributed by atoms with Gasteiger partial charge in [-0.1, -0.05) is 50.4 Å². The highest BCUT2D eigenvalue weighted by atomic mass is 32.1. The van der Waals surface area contributed by atoms with Gasteiger partial charge in [0.25, 0.3) is 5.91 Å². The van der Waals surface area contributed by atoms with Gasteiger partial charge < -0.3 is 10.6 Å². The Kier molecular flexibility index (Phi) is 7.32. The molecule has 102 valence electrons. The van der Waals surface area contributed by atoms with Crippen LogP contribution in [0.3, 0.4) is 0 Å². The van der Waals surface area contributed by atoms with Gasteiger partial charge in [0, 0.05) is 13.6 Å². The molecule has 1 aromatic rings. The van der Waals surface area contributed by atoms with Crippen LogP contribution >= 0.6 is 11.3 Å². The number of nitrogens with one attached hydrogen (secondary N) is 2. The second-order valence-corrected chi connectivity index (χ2v) is 5.16. The molecule has 0 aliphatic heterocycles. The second kappa shape index (κ2) is 8.85. The van der Waals surface area contributed by atoms with Crippen LogP contribution in [0.5, 0.6) is 0 Å². The Morgan fingerprint density at radius 1 is 1.17 bits per heavy atom. The lowest BCUT2D eigenvalue weighted by atomic mass is 10.1. The highest BCUT2D eigenvalue weighted by Crippen LogP contribution is 2.13. The quantitative estimate of drug-likeness (QED) is 0.677. The number of unbranched alkanes of at least 4 members (excludes halogenated alkanes) is 5. The molecule has 0 unspecified atom stereocenters. The molecule has 0 aliphatic rings. The zero-order valence-corrected chi connectivity index (χ0v) is 12.0. The van der Waals surface area contributed by atoms with Crippen LogP contribution in [-0.2, 0) is 0 Å². The summed E-state index contributed by atoms with van der Waals surface area (Å²) >= 11 is 1.27. The standard InChI is InChI=1S/C12H22N4OS/c1-3-4-5-6-7-8-9-14-10(17)11-15-16-12(13-2)18-11/h3-9H2,1-2H3,(H,13,16)(H,14,17). The largest absolute Gasteiger partial charge is 0.363 e.